The van der Waals surface area contributed by atoms with Gasteiger partial charge in [-0.25, -0.2) is 17.9 Å². The molecule has 0 saturated carbocycles. The Hall–Kier alpha value is -4.85. The van der Waals surface area contributed by atoms with Crippen molar-refractivity contribution in [2.45, 2.75) is 35.7 Å². The average molecular weight is 826 g/mol. The lowest BCUT2D eigenvalue weighted by atomic mass is 9.99. The number of amides is 1. The van der Waals surface area contributed by atoms with E-state index < -0.39 is 21.9 Å². The van der Waals surface area contributed by atoms with E-state index in [-0.39, 0.29) is 22.1 Å². The minimum absolute atomic E-state index is 0.105. The largest absolute Gasteiger partial charge is 0.478 e. The Bertz CT molecular complexity index is 2270. The summed E-state index contributed by atoms with van der Waals surface area (Å²) in [6.45, 7) is 6.55. The van der Waals surface area contributed by atoms with Gasteiger partial charge >= 0.3 is 5.97 Å². The molecule has 0 bridgehead atoms. The summed E-state index contributed by atoms with van der Waals surface area (Å²) in [5, 5.41) is 14.3. The summed E-state index contributed by atoms with van der Waals surface area (Å²) in [6, 6.07) is 35.5. The number of carboxylic acids is 1. The van der Waals surface area contributed by atoms with Crippen molar-refractivity contribution in [2.75, 3.05) is 62.8 Å². The quantitative estimate of drug-likeness (QED) is 0.0845. The topological polar surface area (TPSA) is 122 Å². The van der Waals surface area contributed by atoms with E-state index in [1.807, 2.05) is 86.9 Å². The normalized spacial score (nSPS) is 14.0. The zero-order valence-corrected chi connectivity index (χ0v) is 34.7. The highest BCUT2D eigenvalue weighted by atomic mass is 35.5. The number of rotatable bonds is 16. The first-order chi connectivity index (χ1) is 27.4. The molecule has 1 fully saturated rings. The molecule has 5 aromatic rings. The van der Waals surface area contributed by atoms with Gasteiger partial charge < -0.3 is 20.2 Å². The second-order valence-electron chi connectivity index (χ2n) is 14.4. The molecule has 1 aliphatic heterocycles. The molecule has 57 heavy (non-hydrogen) atoms. The van der Waals surface area contributed by atoms with Gasteiger partial charge in [-0.2, -0.15) is 0 Å². The first kappa shape index (κ1) is 41.8. The second kappa shape index (κ2) is 19.1. The van der Waals surface area contributed by atoms with Gasteiger partial charge in [-0.3, -0.25) is 9.69 Å². The van der Waals surface area contributed by atoms with E-state index in [9.17, 15) is 23.1 Å². The molecule has 0 unspecified atom stereocenters. The molecule has 13 heteroatoms. The summed E-state index contributed by atoms with van der Waals surface area (Å²) >= 11 is 7.78. The van der Waals surface area contributed by atoms with Crippen LogP contribution in [0.5, 0.6) is 0 Å². The van der Waals surface area contributed by atoms with E-state index in [1.54, 1.807) is 30.8 Å². The molecule has 0 spiro atoms. The van der Waals surface area contributed by atoms with E-state index in [1.165, 1.54) is 17.2 Å². The van der Waals surface area contributed by atoms with Crippen LogP contribution >= 0.6 is 23.4 Å². The molecular formula is C44H48ClN5O5S2. The van der Waals surface area contributed by atoms with Crippen molar-refractivity contribution < 1.29 is 23.1 Å². The number of anilines is 2. The van der Waals surface area contributed by atoms with Crippen LogP contribution in [0.1, 0.15) is 38.3 Å². The lowest BCUT2D eigenvalue weighted by Crippen LogP contribution is -2.46. The highest BCUT2D eigenvalue weighted by Crippen LogP contribution is 2.30. The third-order valence-electron chi connectivity index (χ3n) is 9.98. The molecule has 3 N–H and O–H groups in total. The SMILES string of the molecule is Cc1cc(S(=O)(=O)NC(=O)c2ccc(N3CCN(Cc4ccccc4-c4ccc(Cl)cc4)CC3)cc2)cc(C(=O)O)c1N[C@H](CCN(C)C)CSc1ccccc1. The Kier molecular flexibility index (Phi) is 14.0. The van der Waals surface area contributed by atoms with E-state index >= 15 is 0 Å². The van der Waals surface area contributed by atoms with E-state index in [2.05, 4.69) is 42.9 Å². The number of thioether (sulfide) groups is 1. The fraction of sp³-hybridized carbons (Fsp3) is 0.273. The number of aryl methyl sites for hydroxylation is 1. The van der Waals surface area contributed by atoms with Crippen molar-refractivity contribution in [3.8, 4) is 11.1 Å². The van der Waals surface area contributed by atoms with Crippen molar-refractivity contribution in [1.82, 2.24) is 14.5 Å². The van der Waals surface area contributed by atoms with Crippen LogP contribution in [0.2, 0.25) is 5.02 Å². The number of halogens is 1. The van der Waals surface area contributed by atoms with Gasteiger partial charge in [0, 0.05) is 65.7 Å². The van der Waals surface area contributed by atoms with Gasteiger partial charge in [0.15, 0.2) is 0 Å². The molecule has 0 aromatic heterocycles. The third-order valence-corrected chi connectivity index (χ3v) is 12.7. The van der Waals surface area contributed by atoms with Crippen LogP contribution in [0.4, 0.5) is 11.4 Å². The second-order valence-corrected chi connectivity index (χ2v) is 17.6. The fourth-order valence-corrected chi connectivity index (χ4v) is 9.04. The van der Waals surface area contributed by atoms with Crippen LogP contribution in [0, 0.1) is 6.92 Å². The molecule has 298 valence electrons. The molecule has 1 amide bonds. The molecule has 0 aliphatic carbocycles. The first-order valence-electron chi connectivity index (χ1n) is 18.8. The number of carbonyl (C=O) groups is 2. The summed E-state index contributed by atoms with van der Waals surface area (Å²) in [5.74, 6) is -1.41. The number of benzene rings is 5. The van der Waals surface area contributed by atoms with E-state index in [0.717, 1.165) is 67.9 Å². The van der Waals surface area contributed by atoms with E-state index in [4.69, 9.17) is 11.6 Å². The highest BCUT2D eigenvalue weighted by molar-refractivity contribution is 7.99. The number of carbonyl (C=O) groups excluding carboxylic acids is 1. The summed E-state index contributed by atoms with van der Waals surface area (Å²) < 4.78 is 29.2. The molecule has 1 atom stereocenters. The van der Waals surface area contributed by atoms with Gasteiger partial charge in [-0.05, 0) is 117 Å². The number of sulfonamides is 1. The van der Waals surface area contributed by atoms with Crippen LogP contribution in [0.15, 0.2) is 125 Å². The number of hydrogen-bond acceptors (Lipinski definition) is 9. The molecule has 5 aromatic carbocycles. The molecule has 1 aliphatic rings. The van der Waals surface area contributed by atoms with Gasteiger partial charge in [0.1, 0.15) is 0 Å². The van der Waals surface area contributed by atoms with Gasteiger partial charge in [0.25, 0.3) is 15.9 Å². The maximum atomic E-state index is 13.5. The van der Waals surface area contributed by atoms with Crippen LogP contribution in [0.25, 0.3) is 11.1 Å². The smallest absolute Gasteiger partial charge is 0.337 e. The van der Waals surface area contributed by atoms with Gasteiger partial charge in [-0.1, -0.05) is 66.2 Å². The number of nitrogens with zero attached hydrogens (tertiary/aromatic N) is 3. The van der Waals surface area contributed by atoms with Gasteiger partial charge in [0.2, 0.25) is 0 Å². The number of carboxylic acid groups (broad SMARTS) is 1. The van der Waals surface area contributed by atoms with E-state index in [0.29, 0.717) is 22.0 Å². The molecule has 0 radical (unpaired) electrons. The predicted octanol–water partition coefficient (Wildman–Crippen LogP) is 7.98. The Balaban J connectivity index is 1.08. The molecule has 1 heterocycles. The standard InChI is InChI=1S/C44H48ClN5O5S2/c1-31-27-39(28-41(44(52)53)42(31)46-36(21-22-48(2)3)30-56-38-10-5-4-6-11-38)57(54,55)47-43(51)33-15-19-37(20-16-33)50-25-23-49(24-26-50)29-34-9-7-8-12-40(34)32-13-17-35(45)18-14-32/h4-20,27-28,36,46H,21-26,29-30H2,1-3H3,(H,47,51)(H,52,53)/t36-/m1/s1. The van der Waals surface area contributed by atoms with Crippen LogP contribution in [-0.2, 0) is 16.6 Å². The Labute approximate surface area is 344 Å². The number of aromatic carboxylic acids is 1. The minimum Gasteiger partial charge on any atom is -0.478 e. The average Bonchev–Trinajstić information content (AvgIpc) is 3.20. The maximum absolute atomic E-state index is 13.5. The Morgan fingerprint density at radius 3 is 2.21 bits per heavy atom. The number of piperazine rings is 1. The van der Waals surface area contributed by atoms with Gasteiger partial charge in [0.05, 0.1) is 16.1 Å². The van der Waals surface area contributed by atoms with Crippen LogP contribution in [0.3, 0.4) is 0 Å². The summed E-state index contributed by atoms with van der Waals surface area (Å²) in [4.78, 5) is 33.3. The van der Waals surface area contributed by atoms with Crippen molar-refractivity contribution in [3.05, 3.63) is 143 Å². The summed E-state index contributed by atoms with van der Waals surface area (Å²) in [7, 11) is -0.452. The van der Waals surface area contributed by atoms with Crippen molar-refractivity contribution in [2.24, 2.45) is 0 Å². The summed E-state index contributed by atoms with van der Waals surface area (Å²) in [5.41, 5.74) is 5.29. The Morgan fingerprint density at radius 1 is 0.877 bits per heavy atom. The first-order valence-corrected chi connectivity index (χ1v) is 21.7. The minimum atomic E-state index is -4.41. The third kappa shape index (κ3) is 11.2. The molecular weight excluding hydrogens is 778 g/mol. The van der Waals surface area contributed by atoms with Crippen molar-refractivity contribution >= 4 is 56.6 Å². The molecule has 6 rings (SSSR count). The molecule has 1 saturated heterocycles. The monoisotopic (exact) mass is 825 g/mol. The number of hydrogen-bond donors (Lipinski definition) is 3. The lowest BCUT2D eigenvalue weighted by molar-refractivity contribution is 0.0697. The van der Waals surface area contributed by atoms with Crippen LogP contribution in [-0.4, -0.2) is 93.8 Å². The fourth-order valence-electron chi connectivity index (χ4n) is 6.84. The zero-order valence-electron chi connectivity index (χ0n) is 32.3. The van der Waals surface area contributed by atoms with Crippen LogP contribution < -0.4 is 14.9 Å². The molecule has 10 nitrogen and oxygen atoms in total. The zero-order chi connectivity index (χ0) is 40.5. The Morgan fingerprint density at radius 2 is 1.54 bits per heavy atom. The maximum Gasteiger partial charge on any atom is 0.337 e. The lowest BCUT2D eigenvalue weighted by Gasteiger charge is -2.36. The predicted molar refractivity (Wildman–Crippen MR) is 231 cm³/mol. The van der Waals surface area contributed by atoms with Gasteiger partial charge in [-0.15, -0.1) is 11.8 Å². The summed E-state index contributed by atoms with van der Waals surface area (Å²) in [6.07, 6.45) is 0.733. The van der Waals surface area contributed by atoms with Crippen molar-refractivity contribution in [1.29, 1.82) is 0 Å². The number of nitrogens with one attached hydrogen (secondary N) is 2. The van der Waals surface area contributed by atoms with Crippen molar-refractivity contribution in [3.63, 3.8) is 0 Å². The highest BCUT2D eigenvalue weighted by Gasteiger charge is 2.26.